The fourth-order valence-corrected chi connectivity index (χ4v) is 4.16. The monoisotopic (exact) mass is 364 g/mol. The largest absolute Gasteiger partial charge is 0.356 e. The maximum Gasteiger partial charge on any atom is 0.100 e. The Morgan fingerprint density at radius 1 is 0.500 bits per heavy atom. The van der Waals surface area contributed by atoms with Crippen molar-refractivity contribution >= 4 is 0 Å². The van der Waals surface area contributed by atoms with Crippen LogP contribution < -0.4 is 0 Å². The lowest BCUT2D eigenvalue weighted by Gasteiger charge is -2.32. The van der Waals surface area contributed by atoms with Crippen molar-refractivity contribution in [2.75, 3.05) is 13.1 Å². The Kier molecular flexibility index (Phi) is 14.8. The fraction of sp³-hybridized carbons (Fsp3) is 0.917. The molecule has 0 amide bonds. The predicted molar refractivity (Wildman–Crippen MR) is 117 cm³/mol. The molecule has 154 valence electrons. The molecule has 0 saturated carbocycles. The Bertz CT molecular complexity index is 326. The Hall–Kier alpha value is -0.660. The predicted octanol–water partition coefficient (Wildman–Crippen LogP) is 7.70. The lowest BCUT2D eigenvalue weighted by molar-refractivity contribution is 0.144. The van der Waals surface area contributed by atoms with Crippen LogP contribution in [-0.4, -0.2) is 29.1 Å². The van der Waals surface area contributed by atoms with Crippen LogP contribution in [0.2, 0.25) is 0 Å². The zero-order valence-corrected chi connectivity index (χ0v) is 18.4. The Labute approximate surface area is 165 Å². The molecule has 2 nitrogen and oxygen atoms in total. The molecule has 0 bridgehead atoms. The maximum absolute atomic E-state index is 2.59. The van der Waals surface area contributed by atoms with Gasteiger partial charge in [-0.25, -0.2) is 0 Å². The van der Waals surface area contributed by atoms with Crippen LogP contribution in [0.3, 0.4) is 0 Å². The van der Waals surface area contributed by atoms with E-state index >= 15 is 0 Å². The molecule has 0 spiro atoms. The molecule has 1 atom stereocenters. The summed E-state index contributed by atoms with van der Waals surface area (Å²) in [6, 6.07) is 0. The number of rotatable bonds is 18. The summed E-state index contributed by atoms with van der Waals surface area (Å²) in [6.07, 6.45) is 27.7. The van der Waals surface area contributed by atoms with Crippen molar-refractivity contribution in [3.63, 3.8) is 0 Å². The van der Waals surface area contributed by atoms with E-state index in [0.717, 1.165) is 0 Å². The Morgan fingerprint density at radius 3 is 1.19 bits per heavy atom. The normalized spacial score (nSPS) is 16.8. The van der Waals surface area contributed by atoms with Crippen molar-refractivity contribution in [1.82, 2.24) is 9.80 Å². The molecule has 0 N–H and O–H groups in total. The van der Waals surface area contributed by atoms with Gasteiger partial charge in [-0.3, -0.25) is 0 Å². The van der Waals surface area contributed by atoms with Gasteiger partial charge in [-0.2, -0.15) is 0 Å². The van der Waals surface area contributed by atoms with Crippen molar-refractivity contribution in [3.05, 3.63) is 12.4 Å². The van der Waals surface area contributed by atoms with Gasteiger partial charge in [0, 0.05) is 25.5 Å². The summed E-state index contributed by atoms with van der Waals surface area (Å²) in [5.74, 6) is 0. The third kappa shape index (κ3) is 10.5. The molecule has 0 saturated heterocycles. The van der Waals surface area contributed by atoms with Crippen LogP contribution in [-0.2, 0) is 0 Å². The van der Waals surface area contributed by atoms with Crippen molar-refractivity contribution in [2.24, 2.45) is 0 Å². The van der Waals surface area contributed by atoms with Gasteiger partial charge < -0.3 is 9.80 Å². The molecule has 0 aromatic heterocycles. The fourth-order valence-electron chi connectivity index (χ4n) is 4.16. The highest BCUT2D eigenvalue weighted by molar-refractivity contribution is 4.96. The van der Waals surface area contributed by atoms with E-state index in [-0.39, 0.29) is 0 Å². The van der Waals surface area contributed by atoms with Gasteiger partial charge in [0.25, 0.3) is 0 Å². The van der Waals surface area contributed by atoms with Crippen molar-refractivity contribution in [3.8, 4) is 0 Å². The molecule has 0 radical (unpaired) electrons. The van der Waals surface area contributed by atoms with Crippen LogP contribution in [0.5, 0.6) is 0 Å². The molecule has 1 heterocycles. The van der Waals surface area contributed by atoms with Crippen molar-refractivity contribution in [2.45, 2.75) is 130 Å². The van der Waals surface area contributed by atoms with Crippen molar-refractivity contribution in [1.29, 1.82) is 0 Å². The lowest BCUT2D eigenvalue weighted by Crippen LogP contribution is -2.38. The summed E-state index contributed by atoms with van der Waals surface area (Å²) in [5.41, 5.74) is 0. The SMILES string of the molecule is CCCCCCCCCCCCN1C=CN(CCCCCCC)C1CC. The minimum atomic E-state index is 0.625. The van der Waals surface area contributed by atoms with Gasteiger partial charge in [0.15, 0.2) is 0 Å². The van der Waals surface area contributed by atoms with Crippen LogP contribution >= 0.6 is 0 Å². The third-order valence-corrected chi connectivity index (χ3v) is 5.87. The van der Waals surface area contributed by atoms with Crippen LogP contribution in [0.4, 0.5) is 0 Å². The Balaban J connectivity index is 2.02. The van der Waals surface area contributed by atoms with E-state index in [1.54, 1.807) is 0 Å². The summed E-state index contributed by atoms with van der Waals surface area (Å²) >= 11 is 0. The molecule has 1 aliphatic heterocycles. The quantitative estimate of drug-likeness (QED) is 0.230. The van der Waals surface area contributed by atoms with Gasteiger partial charge >= 0.3 is 0 Å². The Morgan fingerprint density at radius 2 is 0.846 bits per heavy atom. The van der Waals surface area contributed by atoms with E-state index in [2.05, 4.69) is 43.0 Å². The van der Waals surface area contributed by atoms with Crippen LogP contribution in [0.15, 0.2) is 12.4 Å². The molecule has 0 fully saturated rings. The average molecular weight is 365 g/mol. The minimum absolute atomic E-state index is 0.625. The summed E-state index contributed by atoms with van der Waals surface area (Å²) in [5, 5.41) is 0. The molecule has 2 heteroatoms. The number of hydrogen-bond donors (Lipinski definition) is 0. The highest BCUT2D eigenvalue weighted by Gasteiger charge is 2.23. The van der Waals surface area contributed by atoms with Gasteiger partial charge in [0.1, 0.15) is 6.17 Å². The van der Waals surface area contributed by atoms with E-state index < -0.39 is 0 Å². The van der Waals surface area contributed by atoms with Crippen LogP contribution in [0, 0.1) is 0 Å². The highest BCUT2D eigenvalue weighted by atomic mass is 15.4. The van der Waals surface area contributed by atoms with Crippen LogP contribution in [0.1, 0.15) is 124 Å². The number of unbranched alkanes of at least 4 members (excludes halogenated alkanes) is 13. The van der Waals surface area contributed by atoms with E-state index in [9.17, 15) is 0 Å². The molecule has 0 aliphatic carbocycles. The van der Waals surface area contributed by atoms with Gasteiger partial charge in [0.2, 0.25) is 0 Å². The summed E-state index contributed by atoms with van der Waals surface area (Å²) in [7, 11) is 0. The lowest BCUT2D eigenvalue weighted by atomic mass is 10.1. The van der Waals surface area contributed by atoms with Gasteiger partial charge in [0.05, 0.1) is 0 Å². The third-order valence-electron chi connectivity index (χ3n) is 5.87. The topological polar surface area (TPSA) is 6.48 Å². The smallest absolute Gasteiger partial charge is 0.100 e. The summed E-state index contributed by atoms with van der Waals surface area (Å²) in [6.45, 7) is 9.42. The second-order valence-corrected chi connectivity index (χ2v) is 8.26. The zero-order valence-electron chi connectivity index (χ0n) is 18.4. The molecule has 0 aromatic carbocycles. The molecule has 1 rings (SSSR count). The van der Waals surface area contributed by atoms with Crippen LogP contribution in [0.25, 0.3) is 0 Å². The first-order valence-electron chi connectivity index (χ1n) is 12.0. The second-order valence-electron chi connectivity index (χ2n) is 8.26. The first-order valence-corrected chi connectivity index (χ1v) is 12.0. The molecule has 0 aromatic rings. The van der Waals surface area contributed by atoms with Gasteiger partial charge in [-0.05, 0) is 19.3 Å². The maximum atomic E-state index is 2.59. The molecule has 1 unspecified atom stereocenters. The van der Waals surface area contributed by atoms with E-state index in [0.29, 0.717) is 6.17 Å². The van der Waals surface area contributed by atoms with Gasteiger partial charge in [-0.15, -0.1) is 0 Å². The number of nitrogens with zero attached hydrogens (tertiary/aromatic N) is 2. The number of hydrogen-bond acceptors (Lipinski definition) is 2. The highest BCUT2D eigenvalue weighted by Crippen LogP contribution is 2.21. The summed E-state index contributed by atoms with van der Waals surface area (Å²) < 4.78 is 0. The van der Waals surface area contributed by atoms with Crippen molar-refractivity contribution < 1.29 is 0 Å². The van der Waals surface area contributed by atoms with Gasteiger partial charge in [-0.1, -0.05) is 104 Å². The first-order chi connectivity index (χ1) is 12.8. The molecule has 1 aliphatic rings. The molecular weight excluding hydrogens is 316 g/mol. The van der Waals surface area contributed by atoms with E-state index in [1.807, 2.05) is 0 Å². The van der Waals surface area contributed by atoms with E-state index in [1.165, 1.54) is 116 Å². The first kappa shape index (κ1) is 23.4. The van der Waals surface area contributed by atoms with E-state index in [4.69, 9.17) is 0 Å². The zero-order chi connectivity index (χ0) is 18.9. The minimum Gasteiger partial charge on any atom is -0.356 e. The second kappa shape index (κ2) is 16.5. The molecule has 26 heavy (non-hydrogen) atoms. The standard InChI is InChI=1S/C24H48N2/c1-4-7-9-11-12-13-14-15-17-19-21-26-23-22-25(24(26)6-3)20-18-16-10-8-5-2/h22-24H,4-21H2,1-3H3. The molecular formula is C24H48N2. The average Bonchev–Trinajstić information content (AvgIpc) is 3.05. The summed E-state index contributed by atoms with van der Waals surface area (Å²) in [4.78, 5) is 5.18.